The highest BCUT2D eigenvalue weighted by Crippen LogP contribution is 2.32. The van der Waals surface area contributed by atoms with Crippen molar-refractivity contribution in [1.29, 1.82) is 0 Å². The van der Waals surface area contributed by atoms with Crippen LogP contribution in [-0.4, -0.2) is 30.8 Å². The first kappa shape index (κ1) is 14.5. The number of benzene rings is 1. The van der Waals surface area contributed by atoms with Crippen LogP contribution in [0, 0.1) is 5.92 Å². The molecule has 1 aliphatic rings. The highest BCUT2D eigenvalue weighted by Gasteiger charge is 2.18. The van der Waals surface area contributed by atoms with Crippen LogP contribution in [0.2, 0.25) is 0 Å². The Balaban J connectivity index is 1.72. The highest BCUT2D eigenvalue weighted by atomic mass is 32.1. The Bertz CT molecular complexity index is 631. The summed E-state index contributed by atoms with van der Waals surface area (Å²) in [6.45, 7) is 3.20. The van der Waals surface area contributed by atoms with E-state index in [0.29, 0.717) is 24.0 Å². The van der Waals surface area contributed by atoms with Crippen molar-refractivity contribution in [2.24, 2.45) is 5.92 Å². The first-order chi connectivity index (χ1) is 10.3. The molecule has 0 aliphatic carbocycles. The maximum absolute atomic E-state index is 11.4. The number of nitrogens with one attached hydrogen (secondary N) is 1. The van der Waals surface area contributed by atoms with Crippen LogP contribution in [0.3, 0.4) is 0 Å². The number of rotatable bonds is 5. The topological polar surface area (TPSA) is 58.6 Å². The molecule has 1 aromatic heterocycles. The van der Waals surface area contributed by atoms with Crippen LogP contribution in [0.15, 0.2) is 24.3 Å². The molecule has 112 valence electrons. The smallest absolute Gasteiger partial charge is 0.346 e. The second kappa shape index (κ2) is 6.56. The van der Waals surface area contributed by atoms with Crippen molar-refractivity contribution < 1.29 is 14.6 Å². The van der Waals surface area contributed by atoms with Crippen molar-refractivity contribution >= 4 is 27.4 Å². The largest absolute Gasteiger partial charge is 0.477 e. The SMILES string of the molecule is O=C(O)c1sc2ccccc2c1COCC1CCNCC1. The van der Waals surface area contributed by atoms with Gasteiger partial charge in [0.25, 0.3) is 0 Å². The lowest BCUT2D eigenvalue weighted by atomic mass is 9.99. The Morgan fingerprint density at radius 2 is 2.10 bits per heavy atom. The van der Waals surface area contributed by atoms with Crippen molar-refractivity contribution in [3.8, 4) is 0 Å². The maximum Gasteiger partial charge on any atom is 0.346 e. The molecule has 4 nitrogen and oxygen atoms in total. The third-order valence-corrected chi connectivity index (χ3v) is 5.15. The molecular formula is C16H19NO3S. The van der Waals surface area contributed by atoms with E-state index in [-0.39, 0.29) is 0 Å². The highest BCUT2D eigenvalue weighted by molar-refractivity contribution is 7.21. The van der Waals surface area contributed by atoms with Crippen LogP contribution in [0.4, 0.5) is 0 Å². The molecule has 2 N–H and O–H groups in total. The summed E-state index contributed by atoms with van der Waals surface area (Å²) < 4.78 is 6.84. The van der Waals surface area contributed by atoms with E-state index in [1.165, 1.54) is 11.3 Å². The summed E-state index contributed by atoms with van der Waals surface area (Å²) in [6, 6.07) is 7.81. The van der Waals surface area contributed by atoms with E-state index in [2.05, 4.69) is 5.32 Å². The Morgan fingerprint density at radius 1 is 1.33 bits per heavy atom. The van der Waals surface area contributed by atoms with Crippen LogP contribution >= 0.6 is 11.3 Å². The average Bonchev–Trinajstić information content (AvgIpc) is 2.88. The summed E-state index contributed by atoms with van der Waals surface area (Å²) >= 11 is 1.33. The Morgan fingerprint density at radius 3 is 2.86 bits per heavy atom. The molecule has 0 radical (unpaired) electrons. The van der Waals surface area contributed by atoms with Gasteiger partial charge in [0.15, 0.2) is 0 Å². The number of hydrogen-bond acceptors (Lipinski definition) is 4. The standard InChI is InChI=1S/C16H19NO3S/c18-16(19)15-13(12-3-1-2-4-14(12)21-15)10-20-9-11-5-7-17-8-6-11/h1-4,11,17H,5-10H2,(H,18,19). The predicted molar refractivity (Wildman–Crippen MR) is 84.0 cm³/mol. The van der Waals surface area contributed by atoms with Gasteiger partial charge in [0.2, 0.25) is 0 Å². The van der Waals surface area contributed by atoms with Crippen LogP contribution in [0.5, 0.6) is 0 Å². The first-order valence-corrected chi connectivity index (χ1v) is 8.09. The van der Waals surface area contributed by atoms with Gasteiger partial charge < -0.3 is 15.2 Å². The maximum atomic E-state index is 11.4. The van der Waals surface area contributed by atoms with Gasteiger partial charge in [0, 0.05) is 16.9 Å². The fourth-order valence-electron chi connectivity index (χ4n) is 2.79. The minimum absolute atomic E-state index is 0.384. The molecule has 0 amide bonds. The van der Waals surface area contributed by atoms with E-state index in [1.54, 1.807) is 0 Å². The number of piperidine rings is 1. The van der Waals surface area contributed by atoms with E-state index in [1.807, 2.05) is 24.3 Å². The summed E-state index contributed by atoms with van der Waals surface area (Å²) in [6.07, 6.45) is 2.27. The van der Waals surface area contributed by atoms with E-state index >= 15 is 0 Å². The molecule has 2 aromatic rings. The number of ether oxygens (including phenoxy) is 1. The van der Waals surface area contributed by atoms with E-state index in [4.69, 9.17) is 4.74 Å². The summed E-state index contributed by atoms with van der Waals surface area (Å²) in [5.74, 6) is -0.277. The summed E-state index contributed by atoms with van der Waals surface area (Å²) in [7, 11) is 0. The molecule has 3 rings (SSSR count). The van der Waals surface area contributed by atoms with Crippen LogP contribution in [0.1, 0.15) is 28.1 Å². The van der Waals surface area contributed by atoms with Crippen LogP contribution < -0.4 is 5.32 Å². The molecule has 1 aromatic carbocycles. The molecule has 1 fully saturated rings. The molecule has 0 saturated carbocycles. The van der Waals surface area contributed by atoms with Crippen LogP contribution in [-0.2, 0) is 11.3 Å². The first-order valence-electron chi connectivity index (χ1n) is 7.28. The van der Waals surface area contributed by atoms with Crippen LogP contribution in [0.25, 0.3) is 10.1 Å². The molecule has 0 unspecified atom stereocenters. The number of fused-ring (bicyclic) bond motifs is 1. The van der Waals surface area contributed by atoms with Crippen molar-refractivity contribution in [2.75, 3.05) is 19.7 Å². The van der Waals surface area contributed by atoms with Gasteiger partial charge in [0.05, 0.1) is 6.61 Å². The fraction of sp³-hybridized carbons (Fsp3) is 0.438. The normalized spacial score (nSPS) is 16.4. The average molecular weight is 305 g/mol. The van der Waals surface area contributed by atoms with E-state index in [9.17, 15) is 9.90 Å². The Kier molecular flexibility index (Phi) is 4.53. The number of carbonyl (C=O) groups is 1. The lowest BCUT2D eigenvalue weighted by Gasteiger charge is -2.22. The second-order valence-corrected chi connectivity index (χ2v) is 6.47. The Hall–Kier alpha value is -1.43. The molecule has 0 bridgehead atoms. The van der Waals surface area contributed by atoms with Crippen molar-refractivity contribution in [3.63, 3.8) is 0 Å². The molecule has 1 aliphatic heterocycles. The fourth-order valence-corrected chi connectivity index (χ4v) is 3.84. The van der Waals surface area contributed by atoms with Gasteiger partial charge >= 0.3 is 5.97 Å². The van der Waals surface area contributed by atoms with Gasteiger partial charge in [-0.2, -0.15) is 0 Å². The van der Waals surface area contributed by atoms with Gasteiger partial charge in [-0.1, -0.05) is 18.2 Å². The third-order valence-electron chi connectivity index (χ3n) is 3.95. The molecule has 1 saturated heterocycles. The number of hydrogen-bond donors (Lipinski definition) is 2. The molecule has 2 heterocycles. The zero-order valence-electron chi connectivity index (χ0n) is 11.8. The third kappa shape index (κ3) is 3.26. The van der Waals surface area contributed by atoms with Gasteiger partial charge in [-0.15, -0.1) is 11.3 Å². The number of carboxylic acids is 1. The molecule has 21 heavy (non-hydrogen) atoms. The molecule has 0 atom stereocenters. The Labute approximate surface area is 127 Å². The number of aromatic carboxylic acids is 1. The second-order valence-electron chi connectivity index (χ2n) is 5.42. The van der Waals surface area contributed by atoms with Crippen molar-refractivity contribution in [2.45, 2.75) is 19.4 Å². The minimum atomic E-state index is -0.864. The molecule has 5 heteroatoms. The number of thiophene rings is 1. The van der Waals surface area contributed by atoms with Gasteiger partial charge in [0.1, 0.15) is 4.88 Å². The number of carboxylic acid groups (broad SMARTS) is 1. The molecule has 0 spiro atoms. The van der Waals surface area contributed by atoms with Gasteiger partial charge in [-0.05, 0) is 43.3 Å². The lowest BCUT2D eigenvalue weighted by molar-refractivity contribution is 0.0669. The minimum Gasteiger partial charge on any atom is -0.477 e. The molecular weight excluding hydrogens is 286 g/mol. The zero-order valence-corrected chi connectivity index (χ0v) is 12.6. The van der Waals surface area contributed by atoms with Gasteiger partial charge in [-0.3, -0.25) is 0 Å². The van der Waals surface area contributed by atoms with E-state index in [0.717, 1.165) is 41.6 Å². The predicted octanol–water partition coefficient (Wildman–Crippen LogP) is 3.12. The quantitative estimate of drug-likeness (QED) is 0.891. The van der Waals surface area contributed by atoms with Crippen molar-refractivity contribution in [1.82, 2.24) is 5.32 Å². The van der Waals surface area contributed by atoms with Gasteiger partial charge in [-0.25, -0.2) is 4.79 Å². The lowest BCUT2D eigenvalue weighted by Crippen LogP contribution is -2.29. The zero-order chi connectivity index (χ0) is 14.7. The van der Waals surface area contributed by atoms with Crippen molar-refractivity contribution in [3.05, 3.63) is 34.7 Å². The summed E-state index contributed by atoms with van der Waals surface area (Å²) in [5, 5.41) is 13.7. The summed E-state index contributed by atoms with van der Waals surface area (Å²) in [5.41, 5.74) is 0.817. The van der Waals surface area contributed by atoms with E-state index < -0.39 is 5.97 Å². The monoisotopic (exact) mass is 305 g/mol. The summed E-state index contributed by atoms with van der Waals surface area (Å²) in [4.78, 5) is 11.8.